The zero-order valence-corrected chi connectivity index (χ0v) is 22.5. The summed E-state index contributed by atoms with van der Waals surface area (Å²) in [5.74, 6) is -0.153. The number of methoxy groups -OCH3 is 2. The molecule has 7 nitrogen and oxygen atoms in total. The summed E-state index contributed by atoms with van der Waals surface area (Å²) in [6.07, 6.45) is 2.90. The van der Waals surface area contributed by atoms with Crippen LogP contribution in [-0.2, 0) is 20.7 Å². The predicted octanol–water partition coefficient (Wildman–Crippen LogP) is 4.52. The molecule has 1 unspecified atom stereocenters. The highest BCUT2D eigenvalue weighted by Gasteiger charge is 2.24. The molecule has 1 aliphatic rings. The van der Waals surface area contributed by atoms with Gasteiger partial charge in [-0.1, -0.05) is 42.0 Å². The van der Waals surface area contributed by atoms with Crippen LogP contribution in [0.1, 0.15) is 48.7 Å². The molecule has 0 spiro atoms. The minimum atomic E-state index is -0.605. The van der Waals surface area contributed by atoms with Gasteiger partial charge in [0.25, 0.3) is 5.91 Å². The Hall–Kier alpha value is -3.42. The van der Waals surface area contributed by atoms with Crippen molar-refractivity contribution in [3.8, 4) is 5.75 Å². The van der Waals surface area contributed by atoms with Gasteiger partial charge in [0.15, 0.2) is 0 Å². The van der Waals surface area contributed by atoms with Gasteiger partial charge in [0.1, 0.15) is 5.75 Å². The highest BCUT2D eigenvalue weighted by Crippen LogP contribution is 2.25. The molecular formula is C30H38N2O5. The summed E-state index contributed by atoms with van der Waals surface area (Å²) in [6.45, 7) is 8.71. The van der Waals surface area contributed by atoms with Crippen LogP contribution < -0.4 is 10.1 Å². The third-order valence-electron chi connectivity index (χ3n) is 6.41. The molecule has 7 heteroatoms. The molecule has 3 rings (SSSR count). The fourth-order valence-corrected chi connectivity index (χ4v) is 4.34. The van der Waals surface area contributed by atoms with E-state index < -0.39 is 5.97 Å². The number of nitrogens with one attached hydrogen (secondary N) is 1. The van der Waals surface area contributed by atoms with Crippen LogP contribution >= 0.6 is 0 Å². The van der Waals surface area contributed by atoms with E-state index in [1.165, 1.54) is 7.11 Å². The Labute approximate surface area is 220 Å². The second kappa shape index (κ2) is 13.8. The number of hydrogen-bond acceptors (Lipinski definition) is 6. The fraction of sp³-hybridized carbons (Fsp3) is 0.400. The van der Waals surface area contributed by atoms with Crippen LogP contribution in [-0.4, -0.2) is 63.3 Å². The van der Waals surface area contributed by atoms with Gasteiger partial charge >= 0.3 is 5.97 Å². The molecule has 0 aliphatic carbocycles. The maximum atomic E-state index is 13.3. The molecular weight excluding hydrogens is 468 g/mol. The van der Waals surface area contributed by atoms with Crippen LogP contribution in [0.2, 0.25) is 0 Å². The Bertz CT molecular complexity index is 1130. The normalized spacial score (nSPS) is 14.9. The van der Waals surface area contributed by atoms with Gasteiger partial charge in [-0.05, 0) is 62.9 Å². The molecule has 2 aromatic rings. The third kappa shape index (κ3) is 7.78. The summed E-state index contributed by atoms with van der Waals surface area (Å²) in [7, 11) is 3.05. The molecule has 1 atom stereocenters. The zero-order chi connectivity index (χ0) is 26.8. The largest absolute Gasteiger partial charge is 0.490 e. The van der Waals surface area contributed by atoms with E-state index in [0.29, 0.717) is 42.8 Å². The van der Waals surface area contributed by atoms with Crippen molar-refractivity contribution in [2.24, 2.45) is 0 Å². The van der Waals surface area contributed by atoms with Crippen LogP contribution in [0.15, 0.2) is 71.5 Å². The molecule has 0 radical (unpaired) electrons. The van der Waals surface area contributed by atoms with Gasteiger partial charge in [0, 0.05) is 44.4 Å². The molecule has 1 amide bonds. The summed E-state index contributed by atoms with van der Waals surface area (Å²) in [6, 6.07) is 15.1. The van der Waals surface area contributed by atoms with Crippen LogP contribution in [0.25, 0.3) is 0 Å². The molecule has 0 saturated carbocycles. The Morgan fingerprint density at radius 2 is 1.73 bits per heavy atom. The van der Waals surface area contributed by atoms with E-state index in [-0.39, 0.29) is 17.8 Å². The van der Waals surface area contributed by atoms with Crippen molar-refractivity contribution < 1.29 is 23.8 Å². The Balaban J connectivity index is 1.89. The number of carbonyl (C=O) groups excluding carboxylic acids is 2. The van der Waals surface area contributed by atoms with E-state index in [9.17, 15) is 9.59 Å². The van der Waals surface area contributed by atoms with Crippen LogP contribution in [0.4, 0.5) is 0 Å². The number of esters is 1. The number of ether oxygens (including phenoxy) is 3. The van der Waals surface area contributed by atoms with Crippen molar-refractivity contribution in [1.82, 2.24) is 10.2 Å². The number of benzene rings is 2. The monoisotopic (exact) mass is 506 g/mol. The number of carbonyl (C=O) groups is 2. The Kier molecular flexibility index (Phi) is 10.5. The first-order valence-corrected chi connectivity index (χ1v) is 12.6. The zero-order valence-electron chi connectivity index (χ0n) is 22.5. The minimum absolute atomic E-state index is 0.0131. The molecule has 1 N–H and O–H groups in total. The number of rotatable bonds is 10. The molecule has 1 heterocycles. The van der Waals surface area contributed by atoms with Crippen molar-refractivity contribution in [3.05, 3.63) is 88.2 Å². The number of piperazine rings is 1. The van der Waals surface area contributed by atoms with E-state index in [2.05, 4.69) is 11.4 Å². The first kappa shape index (κ1) is 28.2. The van der Waals surface area contributed by atoms with Crippen molar-refractivity contribution in [2.75, 3.05) is 40.4 Å². The summed E-state index contributed by atoms with van der Waals surface area (Å²) in [5.41, 5.74) is 4.31. The van der Waals surface area contributed by atoms with E-state index in [4.69, 9.17) is 14.2 Å². The number of amides is 1. The molecule has 198 valence electrons. The Morgan fingerprint density at radius 1 is 1.03 bits per heavy atom. The summed E-state index contributed by atoms with van der Waals surface area (Å²) >= 11 is 0. The number of nitrogens with zero attached hydrogens (tertiary/aromatic N) is 1. The number of hydrogen-bond donors (Lipinski definition) is 1. The van der Waals surface area contributed by atoms with Gasteiger partial charge in [0.2, 0.25) is 5.76 Å². The topological polar surface area (TPSA) is 77.1 Å². The maximum absolute atomic E-state index is 13.3. The lowest BCUT2D eigenvalue weighted by atomic mass is 9.98. The van der Waals surface area contributed by atoms with Crippen LogP contribution in [0.5, 0.6) is 5.75 Å². The molecule has 2 aromatic carbocycles. The van der Waals surface area contributed by atoms with E-state index >= 15 is 0 Å². The predicted molar refractivity (Wildman–Crippen MR) is 145 cm³/mol. The quantitative estimate of drug-likeness (QED) is 0.168. The second-order valence-electron chi connectivity index (χ2n) is 9.37. The number of allylic oxidation sites excluding steroid dienone is 1. The van der Waals surface area contributed by atoms with Gasteiger partial charge in [-0.2, -0.15) is 0 Å². The van der Waals surface area contributed by atoms with Crippen molar-refractivity contribution in [1.29, 1.82) is 0 Å². The first-order chi connectivity index (χ1) is 17.8. The molecule has 1 aliphatic heterocycles. The summed E-state index contributed by atoms with van der Waals surface area (Å²) in [4.78, 5) is 28.3. The molecule has 0 aromatic heterocycles. The second-order valence-corrected chi connectivity index (χ2v) is 9.37. The molecule has 1 saturated heterocycles. The van der Waals surface area contributed by atoms with Crippen molar-refractivity contribution in [3.63, 3.8) is 0 Å². The summed E-state index contributed by atoms with van der Waals surface area (Å²) in [5, 5.41) is 3.28. The van der Waals surface area contributed by atoms with Gasteiger partial charge < -0.3 is 24.4 Å². The Morgan fingerprint density at radius 3 is 2.35 bits per heavy atom. The average molecular weight is 507 g/mol. The molecule has 1 fully saturated rings. The fourth-order valence-electron chi connectivity index (χ4n) is 4.34. The lowest BCUT2D eigenvalue weighted by Gasteiger charge is -2.28. The van der Waals surface area contributed by atoms with Gasteiger partial charge in [-0.15, -0.1) is 0 Å². The standard InChI is InChI=1S/C30H38N2O5/c1-21(2)11-14-27(35-4)22(3)28(36-5)30(34)37-25-12-13-26(29(33)32-17-15-31-16-18-32)24(20-25)19-23-9-7-6-8-10-23/h6-13,20,27,31H,14-19H2,1-5H3/b28-22+. The van der Waals surface area contributed by atoms with Crippen molar-refractivity contribution >= 4 is 11.9 Å². The first-order valence-electron chi connectivity index (χ1n) is 12.6. The van der Waals surface area contributed by atoms with E-state index in [0.717, 1.165) is 29.8 Å². The smallest absolute Gasteiger partial charge is 0.379 e. The van der Waals surface area contributed by atoms with Gasteiger partial charge in [-0.25, -0.2) is 4.79 Å². The molecule has 37 heavy (non-hydrogen) atoms. The maximum Gasteiger partial charge on any atom is 0.379 e. The highest BCUT2D eigenvalue weighted by molar-refractivity contribution is 5.96. The van der Waals surface area contributed by atoms with Crippen LogP contribution in [0.3, 0.4) is 0 Å². The van der Waals surface area contributed by atoms with Gasteiger partial charge in [0.05, 0.1) is 13.2 Å². The molecule has 0 bridgehead atoms. The minimum Gasteiger partial charge on any atom is -0.490 e. The van der Waals surface area contributed by atoms with Gasteiger partial charge in [-0.3, -0.25) is 4.79 Å². The lowest BCUT2D eigenvalue weighted by Crippen LogP contribution is -2.46. The van der Waals surface area contributed by atoms with E-state index in [1.807, 2.05) is 56.0 Å². The third-order valence-corrected chi connectivity index (χ3v) is 6.41. The lowest BCUT2D eigenvalue weighted by molar-refractivity contribution is -0.133. The SMILES string of the molecule is CO/C(C(=O)Oc1ccc(C(=O)N2CCNCC2)c(Cc2ccccc2)c1)=C(\C)C(CC=C(C)C)OC. The van der Waals surface area contributed by atoms with Crippen LogP contribution in [0, 0.1) is 0 Å². The van der Waals surface area contributed by atoms with E-state index in [1.54, 1.807) is 25.3 Å². The highest BCUT2D eigenvalue weighted by atomic mass is 16.6. The average Bonchev–Trinajstić information content (AvgIpc) is 2.90. The summed E-state index contributed by atoms with van der Waals surface area (Å²) < 4.78 is 16.8. The van der Waals surface area contributed by atoms with Crippen molar-refractivity contribution in [2.45, 2.75) is 39.7 Å².